The number of phenolic OH excluding ortho intramolecular Hbond substituents is 1. The molecule has 0 saturated heterocycles. The number of nitrogens with one attached hydrogen (secondary N) is 2. The molecular formula is C29H24N6O3. The van der Waals surface area contributed by atoms with Crippen LogP contribution in [0.3, 0.4) is 0 Å². The number of ether oxygens (including phenoxy) is 1. The van der Waals surface area contributed by atoms with E-state index < -0.39 is 0 Å². The largest absolute Gasteiger partial charge is 0.507 e. The Labute approximate surface area is 217 Å². The van der Waals surface area contributed by atoms with E-state index in [2.05, 4.69) is 25.3 Å². The van der Waals surface area contributed by atoms with E-state index in [1.54, 1.807) is 43.6 Å². The number of phenols is 1. The second-order valence-corrected chi connectivity index (χ2v) is 8.92. The van der Waals surface area contributed by atoms with Gasteiger partial charge in [-0.05, 0) is 67.1 Å². The van der Waals surface area contributed by atoms with Gasteiger partial charge in [0.25, 0.3) is 5.91 Å². The molecule has 0 fully saturated rings. The summed E-state index contributed by atoms with van der Waals surface area (Å²) in [7, 11) is 1.57. The number of methoxy groups -OCH3 is 1. The molecule has 6 aromatic rings. The number of imidazole rings is 2. The van der Waals surface area contributed by atoms with Gasteiger partial charge in [0.2, 0.25) is 5.88 Å². The number of H-pyrrole nitrogens is 1. The second kappa shape index (κ2) is 9.36. The minimum atomic E-state index is -0.217. The van der Waals surface area contributed by atoms with E-state index in [1.165, 1.54) is 0 Å². The van der Waals surface area contributed by atoms with Crippen molar-refractivity contribution in [1.29, 1.82) is 0 Å². The van der Waals surface area contributed by atoms with E-state index in [9.17, 15) is 9.90 Å². The molecule has 1 amide bonds. The van der Waals surface area contributed by atoms with Crippen molar-refractivity contribution < 1.29 is 14.6 Å². The highest BCUT2D eigenvalue weighted by atomic mass is 16.5. The van der Waals surface area contributed by atoms with E-state index in [0.29, 0.717) is 40.4 Å². The lowest BCUT2D eigenvalue weighted by Crippen LogP contribution is -2.22. The Balaban J connectivity index is 1.26. The molecule has 9 nitrogen and oxygen atoms in total. The molecule has 188 valence electrons. The number of aromatic hydroxyl groups is 1. The van der Waals surface area contributed by atoms with Gasteiger partial charge in [0.1, 0.15) is 17.2 Å². The van der Waals surface area contributed by atoms with E-state index in [1.807, 2.05) is 53.9 Å². The zero-order chi connectivity index (χ0) is 26.2. The summed E-state index contributed by atoms with van der Waals surface area (Å²) in [4.78, 5) is 29.6. The Hall–Kier alpha value is -5.18. The first kappa shape index (κ1) is 23.2. The van der Waals surface area contributed by atoms with Crippen LogP contribution in [0.4, 0.5) is 0 Å². The first-order chi connectivity index (χ1) is 18.5. The Kier molecular flexibility index (Phi) is 5.72. The molecule has 9 heteroatoms. The van der Waals surface area contributed by atoms with Crippen molar-refractivity contribution in [3.8, 4) is 34.1 Å². The second-order valence-electron chi connectivity index (χ2n) is 8.92. The molecule has 0 aliphatic rings. The fourth-order valence-corrected chi connectivity index (χ4v) is 4.50. The number of aryl methyl sites for hydroxylation is 1. The summed E-state index contributed by atoms with van der Waals surface area (Å²) in [5, 5.41) is 13.5. The molecule has 4 aromatic heterocycles. The average molecular weight is 505 g/mol. The Morgan fingerprint density at radius 1 is 1.05 bits per heavy atom. The van der Waals surface area contributed by atoms with Gasteiger partial charge in [-0.3, -0.25) is 4.79 Å². The van der Waals surface area contributed by atoms with Gasteiger partial charge in [-0.25, -0.2) is 15.0 Å². The lowest BCUT2D eigenvalue weighted by molar-refractivity contribution is 0.0950. The van der Waals surface area contributed by atoms with E-state index in [-0.39, 0.29) is 11.7 Å². The van der Waals surface area contributed by atoms with Crippen molar-refractivity contribution in [3.05, 3.63) is 96.1 Å². The monoisotopic (exact) mass is 504 g/mol. The molecule has 0 bridgehead atoms. The molecule has 0 aliphatic heterocycles. The summed E-state index contributed by atoms with van der Waals surface area (Å²) >= 11 is 0. The fourth-order valence-electron chi connectivity index (χ4n) is 4.50. The lowest BCUT2D eigenvalue weighted by Gasteiger charge is -2.09. The maximum atomic E-state index is 12.9. The van der Waals surface area contributed by atoms with Crippen LogP contribution in [0.5, 0.6) is 11.6 Å². The zero-order valence-corrected chi connectivity index (χ0v) is 20.8. The van der Waals surface area contributed by atoms with Crippen LogP contribution in [0.15, 0.2) is 79.1 Å². The van der Waals surface area contributed by atoms with Crippen LogP contribution in [0.2, 0.25) is 0 Å². The van der Waals surface area contributed by atoms with E-state index in [4.69, 9.17) is 4.74 Å². The predicted molar refractivity (Wildman–Crippen MR) is 144 cm³/mol. The van der Waals surface area contributed by atoms with Crippen LogP contribution >= 0.6 is 0 Å². The summed E-state index contributed by atoms with van der Waals surface area (Å²) < 4.78 is 7.38. The molecule has 3 N–H and O–H groups in total. The molecule has 38 heavy (non-hydrogen) atoms. The molecule has 6 rings (SSSR count). The van der Waals surface area contributed by atoms with Gasteiger partial charge >= 0.3 is 0 Å². The third-order valence-corrected chi connectivity index (χ3v) is 6.45. The van der Waals surface area contributed by atoms with Crippen molar-refractivity contribution in [2.75, 3.05) is 7.11 Å². The highest BCUT2D eigenvalue weighted by molar-refractivity contribution is 5.97. The average Bonchev–Trinajstić information content (AvgIpc) is 3.56. The summed E-state index contributed by atoms with van der Waals surface area (Å²) in [6.07, 6.45) is 3.59. The van der Waals surface area contributed by atoms with Gasteiger partial charge in [0.05, 0.1) is 35.9 Å². The zero-order valence-electron chi connectivity index (χ0n) is 20.8. The Morgan fingerprint density at radius 2 is 1.95 bits per heavy atom. The minimum absolute atomic E-state index is 0.0799. The van der Waals surface area contributed by atoms with Gasteiger partial charge in [0.15, 0.2) is 0 Å². The number of carbonyl (C=O) groups is 1. The normalized spacial score (nSPS) is 11.2. The third kappa shape index (κ3) is 4.20. The number of nitrogens with zero attached hydrogens (tertiary/aromatic N) is 4. The Bertz CT molecular complexity index is 1820. The molecular weight excluding hydrogens is 480 g/mol. The highest BCUT2D eigenvalue weighted by Crippen LogP contribution is 2.35. The van der Waals surface area contributed by atoms with Crippen molar-refractivity contribution in [2.24, 2.45) is 0 Å². The SMILES string of the molecule is COc1ncccc1-c1ccc(O)c(-c2nc3ccc(C(=O)NCc4cn5c(C)cccc5n4)cc3[nH]2)c1. The van der Waals surface area contributed by atoms with Crippen molar-refractivity contribution in [3.63, 3.8) is 0 Å². The van der Waals surface area contributed by atoms with Gasteiger partial charge in [-0.2, -0.15) is 0 Å². The van der Waals surface area contributed by atoms with Crippen LogP contribution in [-0.2, 0) is 6.54 Å². The molecule has 0 radical (unpaired) electrons. The van der Waals surface area contributed by atoms with Crippen LogP contribution in [0.1, 0.15) is 21.7 Å². The van der Waals surface area contributed by atoms with Crippen molar-refractivity contribution in [1.82, 2.24) is 29.7 Å². The molecule has 0 unspecified atom stereocenters. The van der Waals surface area contributed by atoms with Gasteiger partial charge in [-0.15, -0.1) is 0 Å². The summed E-state index contributed by atoms with van der Waals surface area (Å²) in [6.45, 7) is 2.32. The number of hydrogen-bond donors (Lipinski definition) is 3. The van der Waals surface area contributed by atoms with Crippen molar-refractivity contribution in [2.45, 2.75) is 13.5 Å². The quantitative estimate of drug-likeness (QED) is 0.297. The highest BCUT2D eigenvalue weighted by Gasteiger charge is 2.15. The van der Waals surface area contributed by atoms with E-state index in [0.717, 1.165) is 28.2 Å². The summed E-state index contributed by atoms with van der Waals surface area (Å²) in [6, 6.07) is 20.1. The van der Waals surface area contributed by atoms with Gasteiger partial charge in [-0.1, -0.05) is 12.1 Å². The maximum absolute atomic E-state index is 12.9. The van der Waals surface area contributed by atoms with Crippen LogP contribution in [0, 0.1) is 6.92 Å². The van der Waals surface area contributed by atoms with Crippen molar-refractivity contribution >= 4 is 22.6 Å². The number of rotatable bonds is 6. The fraction of sp³-hybridized carbons (Fsp3) is 0.103. The first-order valence-electron chi connectivity index (χ1n) is 12.0. The van der Waals surface area contributed by atoms with Gasteiger partial charge in [0, 0.05) is 29.2 Å². The summed E-state index contributed by atoms with van der Waals surface area (Å²) in [5.74, 6) is 0.838. The minimum Gasteiger partial charge on any atom is -0.507 e. The first-order valence-corrected chi connectivity index (χ1v) is 12.0. The number of amides is 1. The number of aromatic nitrogens is 5. The molecule has 2 aromatic carbocycles. The topological polar surface area (TPSA) is 117 Å². The molecule has 0 aliphatic carbocycles. The van der Waals surface area contributed by atoms with Crippen LogP contribution in [-0.4, -0.2) is 42.5 Å². The maximum Gasteiger partial charge on any atom is 0.251 e. The third-order valence-electron chi connectivity index (χ3n) is 6.45. The number of carbonyl (C=O) groups excluding carboxylic acids is 1. The number of pyridine rings is 2. The molecule has 4 heterocycles. The van der Waals surface area contributed by atoms with E-state index >= 15 is 0 Å². The number of benzene rings is 2. The number of fused-ring (bicyclic) bond motifs is 2. The number of aromatic amines is 1. The van der Waals surface area contributed by atoms with Crippen LogP contribution < -0.4 is 10.1 Å². The predicted octanol–water partition coefficient (Wildman–Crippen LogP) is 4.89. The summed E-state index contributed by atoms with van der Waals surface area (Å²) in [5.41, 5.74) is 6.69. The number of hydrogen-bond acceptors (Lipinski definition) is 6. The smallest absolute Gasteiger partial charge is 0.251 e. The molecule has 0 atom stereocenters. The molecule has 0 spiro atoms. The lowest BCUT2D eigenvalue weighted by atomic mass is 10.0. The molecule has 0 saturated carbocycles. The standard InChI is InChI=1S/C29H24N6O3/c1-17-5-3-7-26-32-20(16-35(17)26)15-31-28(37)19-8-10-23-24(14-19)34-27(33-23)22-13-18(9-11-25(22)36)21-6-4-12-30-29(21)38-2/h3-14,16,36H,15H2,1-2H3,(H,31,37)(H,33,34). The Morgan fingerprint density at radius 3 is 2.79 bits per heavy atom. The van der Waals surface area contributed by atoms with Gasteiger partial charge < -0.3 is 24.5 Å². The van der Waals surface area contributed by atoms with Crippen LogP contribution in [0.25, 0.3) is 39.2 Å².